The minimum absolute atomic E-state index is 0.481. The van der Waals surface area contributed by atoms with E-state index in [1.54, 1.807) is 0 Å². The van der Waals surface area contributed by atoms with Crippen LogP contribution in [0.2, 0.25) is 0 Å². The van der Waals surface area contributed by atoms with E-state index < -0.39 is 0 Å². The predicted octanol–water partition coefficient (Wildman–Crippen LogP) is 3.70. The number of likely N-dealkylation sites (N-methyl/N-ethyl adjacent to an activating group) is 1. The van der Waals surface area contributed by atoms with Gasteiger partial charge in [-0.3, -0.25) is 4.98 Å². The highest BCUT2D eigenvalue weighted by atomic mass is 32.2. The quantitative estimate of drug-likeness (QED) is 0.786. The monoisotopic (exact) mass is 286 g/mol. The molecule has 1 heterocycles. The van der Waals surface area contributed by atoms with Gasteiger partial charge < -0.3 is 5.32 Å². The molecular formula is C17H22N2S. The molecule has 0 fully saturated rings. The van der Waals surface area contributed by atoms with Crippen LogP contribution in [0.15, 0.2) is 53.7 Å². The van der Waals surface area contributed by atoms with Crippen LogP contribution in [-0.4, -0.2) is 23.3 Å². The van der Waals surface area contributed by atoms with Crippen LogP contribution in [-0.2, 0) is 6.42 Å². The molecule has 0 aliphatic heterocycles. The maximum Gasteiger partial charge on any atom is 0.0300 e. The van der Waals surface area contributed by atoms with Gasteiger partial charge in [-0.15, -0.1) is 11.8 Å². The van der Waals surface area contributed by atoms with Crippen molar-refractivity contribution in [2.45, 2.75) is 31.2 Å². The van der Waals surface area contributed by atoms with Crippen LogP contribution >= 0.6 is 11.8 Å². The highest BCUT2D eigenvalue weighted by Gasteiger charge is 2.09. The Kier molecular flexibility index (Phi) is 6.09. The van der Waals surface area contributed by atoms with E-state index in [4.69, 9.17) is 0 Å². The molecule has 1 aromatic heterocycles. The summed E-state index contributed by atoms with van der Waals surface area (Å²) in [7, 11) is 0. The van der Waals surface area contributed by atoms with E-state index >= 15 is 0 Å². The van der Waals surface area contributed by atoms with Crippen LogP contribution in [0.4, 0.5) is 0 Å². The molecule has 1 atom stereocenters. The lowest BCUT2D eigenvalue weighted by Crippen LogP contribution is -2.33. The van der Waals surface area contributed by atoms with Crippen molar-refractivity contribution in [3.05, 3.63) is 59.9 Å². The van der Waals surface area contributed by atoms with Crippen molar-refractivity contribution in [1.29, 1.82) is 0 Å². The first-order valence-electron chi connectivity index (χ1n) is 7.09. The zero-order valence-corrected chi connectivity index (χ0v) is 13.0. The van der Waals surface area contributed by atoms with Gasteiger partial charge in [0, 0.05) is 29.1 Å². The van der Waals surface area contributed by atoms with Crippen molar-refractivity contribution >= 4 is 11.8 Å². The second kappa shape index (κ2) is 8.08. The first-order valence-corrected chi connectivity index (χ1v) is 8.08. The first kappa shape index (κ1) is 15.1. The summed E-state index contributed by atoms with van der Waals surface area (Å²) >= 11 is 1.92. The molecule has 0 aliphatic carbocycles. The van der Waals surface area contributed by atoms with Crippen LogP contribution in [0, 0.1) is 6.92 Å². The third kappa shape index (κ3) is 4.99. The Morgan fingerprint density at radius 1 is 1.25 bits per heavy atom. The number of hydrogen-bond donors (Lipinski definition) is 1. The van der Waals surface area contributed by atoms with E-state index in [2.05, 4.69) is 54.5 Å². The number of rotatable bonds is 7. The van der Waals surface area contributed by atoms with E-state index in [1.807, 2.05) is 30.2 Å². The molecule has 3 heteroatoms. The number of benzene rings is 1. The maximum atomic E-state index is 4.19. The zero-order chi connectivity index (χ0) is 14.2. The molecule has 0 spiro atoms. The summed E-state index contributed by atoms with van der Waals surface area (Å²) in [4.78, 5) is 5.54. The van der Waals surface area contributed by atoms with Crippen molar-refractivity contribution < 1.29 is 0 Å². The number of pyridine rings is 1. The fourth-order valence-electron chi connectivity index (χ4n) is 2.18. The Morgan fingerprint density at radius 3 is 2.85 bits per heavy atom. The average Bonchev–Trinajstić information content (AvgIpc) is 2.46. The number of aromatic nitrogens is 1. The van der Waals surface area contributed by atoms with E-state index in [-0.39, 0.29) is 0 Å². The van der Waals surface area contributed by atoms with Crippen LogP contribution in [0.1, 0.15) is 18.1 Å². The van der Waals surface area contributed by atoms with Gasteiger partial charge in [0.1, 0.15) is 0 Å². The molecule has 20 heavy (non-hydrogen) atoms. The minimum atomic E-state index is 0.481. The molecule has 0 bridgehead atoms. The van der Waals surface area contributed by atoms with Gasteiger partial charge in [0.2, 0.25) is 0 Å². The van der Waals surface area contributed by atoms with Gasteiger partial charge in [0.05, 0.1) is 0 Å². The highest BCUT2D eigenvalue weighted by Crippen LogP contribution is 2.20. The first-order chi connectivity index (χ1) is 9.78. The van der Waals surface area contributed by atoms with E-state index in [9.17, 15) is 0 Å². The topological polar surface area (TPSA) is 24.9 Å². The summed E-state index contributed by atoms with van der Waals surface area (Å²) in [5, 5.41) is 3.57. The van der Waals surface area contributed by atoms with Crippen LogP contribution in [0.3, 0.4) is 0 Å². The SMILES string of the molecule is CCNC(CSc1cccc(C)c1)Cc1cccnc1. The summed E-state index contributed by atoms with van der Waals surface area (Å²) < 4.78 is 0. The molecule has 0 radical (unpaired) electrons. The lowest BCUT2D eigenvalue weighted by atomic mass is 10.1. The van der Waals surface area contributed by atoms with Crippen molar-refractivity contribution in [2.24, 2.45) is 0 Å². The van der Waals surface area contributed by atoms with Crippen LogP contribution in [0.5, 0.6) is 0 Å². The lowest BCUT2D eigenvalue weighted by molar-refractivity contribution is 0.572. The van der Waals surface area contributed by atoms with Gasteiger partial charge in [0.25, 0.3) is 0 Å². The summed E-state index contributed by atoms with van der Waals surface area (Å²) in [6, 6.07) is 13.3. The van der Waals surface area contributed by atoms with Crippen LogP contribution in [0.25, 0.3) is 0 Å². The Morgan fingerprint density at radius 2 is 2.15 bits per heavy atom. The van der Waals surface area contributed by atoms with Crippen molar-refractivity contribution in [3.8, 4) is 0 Å². The summed E-state index contributed by atoms with van der Waals surface area (Å²) in [6.45, 7) is 5.30. The second-order valence-corrected chi connectivity index (χ2v) is 6.04. The highest BCUT2D eigenvalue weighted by molar-refractivity contribution is 7.99. The molecule has 106 valence electrons. The van der Waals surface area contributed by atoms with Crippen LogP contribution < -0.4 is 5.32 Å². The smallest absolute Gasteiger partial charge is 0.0300 e. The number of hydrogen-bond acceptors (Lipinski definition) is 3. The molecule has 1 unspecified atom stereocenters. The summed E-state index contributed by atoms with van der Waals surface area (Å²) in [6.07, 6.45) is 4.81. The Balaban J connectivity index is 1.92. The second-order valence-electron chi connectivity index (χ2n) is 4.95. The normalized spacial score (nSPS) is 12.3. The molecule has 2 aromatic rings. The number of nitrogens with one attached hydrogen (secondary N) is 1. The van der Waals surface area contributed by atoms with Gasteiger partial charge in [0.15, 0.2) is 0 Å². The standard InChI is InChI=1S/C17H22N2S/c1-3-19-16(11-15-7-5-9-18-12-15)13-20-17-8-4-6-14(2)10-17/h4-10,12,16,19H,3,11,13H2,1-2H3. The third-order valence-electron chi connectivity index (χ3n) is 3.14. The third-order valence-corrected chi connectivity index (χ3v) is 4.29. The van der Waals surface area contributed by atoms with Gasteiger partial charge in [-0.05, 0) is 43.7 Å². The molecule has 0 aliphatic rings. The molecule has 2 nitrogen and oxygen atoms in total. The largest absolute Gasteiger partial charge is 0.313 e. The Labute approximate surface area is 126 Å². The maximum absolute atomic E-state index is 4.19. The van der Waals surface area contributed by atoms with Crippen molar-refractivity contribution in [1.82, 2.24) is 10.3 Å². The number of aryl methyl sites for hydroxylation is 1. The molecule has 1 aromatic carbocycles. The van der Waals surface area contributed by atoms with Gasteiger partial charge in [-0.1, -0.05) is 30.7 Å². The fourth-order valence-corrected chi connectivity index (χ4v) is 3.26. The van der Waals surface area contributed by atoms with Gasteiger partial charge in [-0.25, -0.2) is 0 Å². The average molecular weight is 286 g/mol. The molecule has 0 saturated carbocycles. The Bertz CT molecular complexity index is 513. The van der Waals surface area contributed by atoms with Gasteiger partial charge >= 0.3 is 0 Å². The predicted molar refractivity (Wildman–Crippen MR) is 87.3 cm³/mol. The summed E-state index contributed by atoms with van der Waals surface area (Å²) in [5.41, 5.74) is 2.62. The van der Waals surface area contributed by atoms with Crippen molar-refractivity contribution in [2.75, 3.05) is 12.3 Å². The minimum Gasteiger partial charge on any atom is -0.313 e. The van der Waals surface area contributed by atoms with Gasteiger partial charge in [-0.2, -0.15) is 0 Å². The zero-order valence-electron chi connectivity index (χ0n) is 12.2. The number of nitrogens with zero attached hydrogens (tertiary/aromatic N) is 1. The molecule has 0 amide bonds. The molecule has 1 N–H and O–H groups in total. The van der Waals surface area contributed by atoms with E-state index in [0.29, 0.717) is 6.04 Å². The molecule has 2 rings (SSSR count). The Hall–Kier alpha value is -1.32. The fraction of sp³-hybridized carbons (Fsp3) is 0.353. The van der Waals surface area contributed by atoms with E-state index in [1.165, 1.54) is 16.0 Å². The molecule has 0 saturated heterocycles. The molecular weight excluding hydrogens is 264 g/mol. The van der Waals surface area contributed by atoms with E-state index in [0.717, 1.165) is 18.7 Å². The van der Waals surface area contributed by atoms with Crippen molar-refractivity contribution in [3.63, 3.8) is 0 Å². The number of thioether (sulfide) groups is 1. The lowest BCUT2D eigenvalue weighted by Gasteiger charge is -2.17. The summed E-state index contributed by atoms with van der Waals surface area (Å²) in [5.74, 6) is 1.08.